The first-order chi connectivity index (χ1) is 6.22. The van der Waals surface area contributed by atoms with Crippen LogP contribution in [0.5, 0.6) is 0 Å². The molecule has 1 aromatic heterocycles. The number of thiophene rings is 1. The van der Waals surface area contributed by atoms with E-state index in [-0.39, 0.29) is 0 Å². The Hall–Kier alpha value is -0.870. The van der Waals surface area contributed by atoms with Gasteiger partial charge in [0.15, 0.2) is 0 Å². The fourth-order valence-corrected chi connectivity index (χ4v) is 2.78. The summed E-state index contributed by atoms with van der Waals surface area (Å²) in [4.78, 5) is 1.12. The topological polar surface area (TPSA) is 52.0 Å². The average molecular weight is 210 g/mol. The SMILES string of the molecule is CSc1ccc2cc(N)sc2c1N. The van der Waals surface area contributed by atoms with Crippen LogP contribution in [0.25, 0.3) is 10.1 Å². The van der Waals surface area contributed by atoms with Gasteiger partial charge in [-0.3, -0.25) is 0 Å². The summed E-state index contributed by atoms with van der Waals surface area (Å²) in [7, 11) is 0. The maximum absolute atomic E-state index is 5.98. The number of nitrogen functional groups attached to an aromatic ring is 2. The van der Waals surface area contributed by atoms with E-state index in [1.165, 1.54) is 0 Å². The molecule has 0 aliphatic carbocycles. The maximum Gasteiger partial charge on any atom is 0.0869 e. The Kier molecular flexibility index (Phi) is 2.09. The first kappa shape index (κ1) is 8.72. The number of fused-ring (bicyclic) bond motifs is 1. The van der Waals surface area contributed by atoms with Crippen LogP contribution < -0.4 is 11.5 Å². The van der Waals surface area contributed by atoms with E-state index in [1.54, 1.807) is 23.1 Å². The van der Waals surface area contributed by atoms with Gasteiger partial charge in [0.2, 0.25) is 0 Å². The minimum Gasteiger partial charge on any atom is -0.397 e. The molecule has 13 heavy (non-hydrogen) atoms. The quantitative estimate of drug-likeness (QED) is 0.562. The lowest BCUT2D eigenvalue weighted by atomic mass is 10.2. The van der Waals surface area contributed by atoms with Gasteiger partial charge in [-0.1, -0.05) is 6.07 Å². The summed E-state index contributed by atoms with van der Waals surface area (Å²) in [6.07, 6.45) is 2.02. The van der Waals surface area contributed by atoms with Crippen molar-refractivity contribution < 1.29 is 0 Å². The van der Waals surface area contributed by atoms with Crippen LogP contribution >= 0.6 is 23.1 Å². The zero-order valence-electron chi connectivity index (χ0n) is 7.20. The van der Waals surface area contributed by atoms with Crippen LogP contribution in [0.4, 0.5) is 10.7 Å². The Morgan fingerprint density at radius 3 is 2.77 bits per heavy atom. The Balaban J connectivity index is 2.78. The Bertz CT molecular complexity index is 448. The molecule has 4 heteroatoms. The number of anilines is 2. The molecule has 4 N–H and O–H groups in total. The van der Waals surface area contributed by atoms with E-state index in [0.717, 1.165) is 25.7 Å². The average Bonchev–Trinajstić information content (AvgIpc) is 2.47. The molecular formula is C9H10N2S2. The van der Waals surface area contributed by atoms with Crippen LogP contribution in [0.1, 0.15) is 0 Å². The van der Waals surface area contributed by atoms with Crippen LogP contribution in [0, 0.1) is 0 Å². The molecule has 0 aliphatic rings. The summed E-state index contributed by atoms with van der Waals surface area (Å²) >= 11 is 3.21. The molecule has 0 radical (unpaired) electrons. The fraction of sp³-hybridized carbons (Fsp3) is 0.111. The molecule has 0 spiro atoms. The van der Waals surface area contributed by atoms with Gasteiger partial charge in [0, 0.05) is 4.90 Å². The maximum atomic E-state index is 5.98. The molecular weight excluding hydrogens is 200 g/mol. The van der Waals surface area contributed by atoms with Gasteiger partial charge in [0.1, 0.15) is 0 Å². The van der Waals surface area contributed by atoms with Crippen molar-refractivity contribution in [3.8, 4) is 0 Å². The minimum atomic E-state index is 0.819. The predicted octanol–water partition coefficient (Wildman–Crippen LogP) is 2.79. The molecule has 2 rings (SSSR count). The largest absolute Gasteiger partial charge is 0.397 e. The van der Waals surface area contributed by atoms with E-state index in [9.17, 15) is 0 Å². The van der Waals surface area contributed by atoms with Crippen LogP contribution in [-0.2, 0) is 0 Å². The van der Waals surface area contributed by atoms with Crippen molar-refractivity contribution in [3.63, 3.8) is 0 Å². The van der Waals surface area contributed by atoms with Gasteiger partial charge >= 0.3 is 0 Å². The van der Waals surface area contributed by atoms with Crippen LogP contribution in [0.2, 0.25) is 0 Å². The molecule has 2 nitrogen and oxygen atoms in total. The van der Waals surface area contributed by atoms with Gasteiger partial charge in [-0.2, -0.15) is 0 Å². The van der Waals surface area contributed by atoms with E-state index in [1.807, 2.05) is 18.4 Å². The van der Waals surface area contributed by atoms with Crippen LogP contribution in [0.15, 0.2) is 23.1 Å². The van der Waals surface area contributed by atoms with E-state index >= 15 is 0 Å². The van der Waals surface area contributed by atoms with Gasteiger partial charge in [0.25, 0.3) is 0 Å². The smallest absolute Gasteiger partial charge is 0.0869 e. The van der Waals surface area contributed by atoms with E-state index < -0.39 is 0 Å². The Morgan fingerprint density at radius 1 is 1.31 bits per heavy atom. The summed E-state index contributed by atoms with van der Waals surface area (Å²) in [6.45, 7) is 0. The fourth-order valence-electron chi connectivity index (χ4n) is 1.30. The predicted molar refractivity (Wildman–Crippen MR) is 62.4 cm³/mol. The lowest BCUT2D eigenvalue weighted by molar-refractivity contribution is 1.52. The normalized spacial score (nSPS) is 10.8. The summed E-state index contributed by atoms with van der Waals surface area (Å²) in [6, 6.07) is 6.05. The van der Waals surface area contributed by atoms with E-state index in [4.69, 9.17) is 11.5 Å². The third-order valence-electron chi connectivity index (χ3n) is 1.92. The van der Waals surface area contributed by atoms with Gasteiger partial charge in [0.05, 0.1) is 15.4 Å². The van der Waals surface area contributed by atoms with Crippen molar-refractivity contribution in [1.29, 1.82) is 0 Å². The molecule has 2 aromatic rings. The van der Waals surface area contributed by atoms with Crippen molar-refractivity contribution in [2.24, 2.45) is 0 Å². The second-order valence-corrected chi connectivity index (χ2v) is 4.68. The summed E-state index contributed by atoms with van der Waals surface area (Å²) in [5.41, 5.74) is 12.5. The number of nitrogens with two attached hydrogens (primary N) is 2. The Morgan fingerprint density at radius 2 is 2.08 bits per heavy atom. The highest BCUT2D eigenvalue weighted by Gasteiger charge is 2.06. The van der Waals surface area contributed by atoms with Crippen LogP contribution in [-0.4, -0.2) is 6.26 Å². The molecule has 1 aromatic carbocycles. The molecule has 68 valence electrons. The van der Waals surface area contributed by atoms with Crippen molar-refractivity contribution in [3.05, 3.63) is 18.2 Å². The van der Waals surface area contributed by atoms with Gasteiger partial charge in [-0.15, -0.1) is 23.1 Å². The van der Waals surface area contributed by atoms with E-state index in [0.29, 0.717) is 0 Å². The van der Waals surface area contributed by atoms with Crippen molar-refractivity contribution in [2.75, 3.05) is 17.7 Å². The highest BCUT2D eigenvalue weighted by atomic mass is 32.2. The van der Waals surface area contributed by atoms with Gasteiger partial charge in [-0.25, -0.2) is 0 Å². The molecule has 0 amide bonds. The summed E-state index contributed by atoms with van der Waals surface area (Å²) < 4.78 is 1.10. The number of benzene rings is 1. The highest BCUT2D eigenvalue weighted by Crippen LogP contribution is 2.36. The summed E-state index contributed by atoms with van der Waals surface area (Å²) in [5.74, 6) is 0. The zero-order chi connectivity index (χ0) is 9.42. The van der Waals surface area contributed by atoms with E-state index in [2.05, 4.69) is 6.07 Å². The van der Waals surface area contributed by atoms with Crippen LogP contribution in [0.3, 0.4) is 0 Å². The second kappa shape index (κ2) is 3.12. The lowest BCUT2D eigenvalue weighted by Crippen LogP contribution is -1.87. The number of rotatable bonds is 1. The monoisotopic (exact) mass is 210 g/mol. The molecule has 0 aliphatic heterocycles. The molecule has 0 unspecified atom stereocenters. The number of thioether (sulfide) groups is 1. The third-order valence-corrected chi connectivity index (χ3v) is 3.73. The molecule has 0 bridgehead atoms. The zero-order valence-corrected chi connectivity index (χ0v) is 8.84. The highest BCUT2D eigenvalue weighted by molar-refractivity contribution is 7.98. The van der Waals surface area contributed by atoms with Crippen molar-refractivity contribution >= 4 is 43.9 Å². The number of hydrogen-bond acceptors (Lipinski definition) is 4. The molecule has 1 heterocycles. The Labute approximate surface area is 84.9 Å². The van der Waals surface area contributed by atoms with Crippen molar-refractivity contribution in [2.45, 2.75) is 4.90 Å². The molecule has 0 saturated carbocycles. The molecule has 0 saturated heterocycles. The lowest BCUT2D eigenvalue weighted by Gasteiger charge is -2.01. The number of hydrogen-bond donors (Lipinski definition) is 2. The first-order valence-corrected chi connectivity index (χ1v) is 5.88. The summed E-state index contributed by atoms with van der Waals surface area (Å²) in [5, 5.41) is 1.96. The third kappa shape index (κ3) is 1.36. The van der Waals surface area contributed by atoms with Gasteiger partial charge < -0.3 is 11.5 Å². The first-order valence-electron chi connectivity index (χ1n) is 3.84. The molecule has 0 fully saturated rings. The van der Waals surface area contributed by atoms with Crippen molar-refractivity contribution in [1.82, 2.24) is 0 Å². The standard InChI is InChI=1S/C9H10N2S2/c1-12-6-3-2-5-4-7(10)13-9(5)8(6)11/h2-4H,10-11H2,1H3. The van der Waals surface area contributed by atoms with Gasteiger partial charge in [-0.05, 0) is 23.8 Å². The minimum absolute atomic E-state index is 0.819. The molecule has 0 atom stereocenters. The second-order valence-electron chi connectivity index (χ2n) is 2.75.